The zero-order valence-corrected chi connectivity index (χ0v) is 20.4. The first-order chi connectivity index (χ1) is 18.2. The molecule has 0 amide bonds. The zero-order chi connectivity index (χ0) is 27.0. The summed E-state index contributed by atoms with van der Waals surface area (Å²) >= 11 is 0. The van der Waals surface area contributed by atoms with Crippen LogP contribution in [0.15, 0.2) is 78.6 Å². The van der Waals surface area contributed by atoms with E-state index in [2.05, 4.69) is 0 Å². The second-order valence-electron chi connectivity index (χ2n) is 9.89. The number of carbonyl (C=O) groups excluding carboxylic acids is 2. The highest BCUT2D eigenvalue weighted by molar-refractivity contribution is 6.10. The van der Waals surface area contributed by atoms with Gasteiger partial charge in [-0.05, 0) is 60.4 Å². The number of carbonyl (C=O) groups is 2. The molecule has 38 heavy (non-hydrogen) atoms. The normalized spacial score (nSPS) is 21.8. The number of hydrogen-bond donors (Lipinski definition) is 5. The van der Waals surface area contributed by atoms with Gasteiger partial charge in [0.05, 0.1) is 29.8 Å². The minimum absolute atomic E-state index is 0.0251. The second kappa shape index (κ2) is 10.2. The van der Waals surface area contributed by atoms with Crippen LogP contribution in [-0.4, -0.2) is 49.3 Å². The van der Waals surface area contributed by atoms with Gasteiger partial charge in [-0.2, -0.15) is 0 Å². The Morgan fingerprint density at radius 2 is 1.39 bits per heavy atom. The van der Waals surface area contributed by atoms with Crippen molar-refractivity contribution in [3.8, 4) is 23.0 Å². The molecule has 1 fully saturated rings. The molecule has 4 atom stereocenters. The van der Waals surface area contributed by atoms with E-state index < -0.39 is 41.5 Å². The molecule has 1 aliphatic carbocycles. The molecule has 196 valence electrons. The van der Waals surface area contributed by atoms with Crippen molar-refractivity contribution in [1.82, 2.24) is 0 Å². The van der Waals surface area contributed by atoms with Gasteiger partial charge < -0.3 is 30.3 Å². The Balaban J connectivity index is 1.69. The Hall–Kier alpha value is -4.30. The molecule has 8 nitrogen and oxygen atoms in total. The second-order valence-corrected chi connectivity index (χ2v) is 9.89. The van der Waals surface area contributed by atoms with Crippen LogP contribution < -0.4 is 0 Å². The smallest absolute Gasteiger partial charge is 0.175 e. The highest BCUT2D eigenvalue weighted by Gasteiger charge is 2.46. The van der Waals surface area contributed by atoms with Crippen molar-refractivity contribution >= 4 is 11.6 Å². The van der Waals surface area contributed by atoms with Gasteiger partial charge in [0.15, 0.2) is 11.6 Å². The maximum atomic E-state index is 14.2. The van der Waals surface area contributed by atoms with E-state index in [0.717, 1.165) is 6.07 Å². The molecule has 0 radical (unpaired) electrons. The number of phenols is 4. The van der Waals surface area contributed by atoms with Crippen molar-refractivity contribution in [3.05, 3.63) is 95.3 Å². The summed E-state index contributed by atoms with van der Waals surface area (Å²) in [5.74, 6) is -3.86. The van der Waals surface area contributed by atoms with Gasteiger partial charge in [0, 0.05) is 24.0 Å². The van der Waals surface area contributed by atoms with Gasteiger partial charge in [-0.15, -0.1) is 0 Å². The lowest BCUT2D eigenvalue weighted by Gasteiger charge is -2.38. The minimum Gasteiger partial charge on any atom is -0.508 e. The van der Waals surface area contributed by atoms with Crippen LogP contribution in [-0.2, 0) is 9.53 Å². The van der Waals surface area contributed by atoms with E-state index in [-0.39, 0.29) is 34.2 Å². The lowest BCUT2D eigenvalue weighted by molar-refractivity contribution is -0.130. The van der Waals surface area contributed by atoms with Crippen LogP contribution in [0.2, 0.25) is 0 Å². The van der Waals surface area contributed by atoms with E-state index in [9.17, 15) is 35.1 Å². The fourth-order valence-corrected chi connectivity index (χ4v) is 5.53. The van der Waals surface area contributed by atoms with Gasteiger partial charge in [-0.1, -0.05) is 24.3 Å². The molecule has 3 aromatic carbocycles. The zero-order valence-electron chi connectivity index (χ0n) is 20.4. The van der Waals surface area contributed by atoms with Gasteiger partial charge in [0.25, 0.3) is 0 Å². The number of phenolic OH excluding ortho intramolecular Hbond substituents is 4. The summed E-state index contributed by atoms with van der Waals surface area (Å²) in [7, 11) is 0. The lowest BCUT2D eigenvalue weighted by Crippen LogP contribution is -2.43. The molecule has 5 rings (SSSR count). The van der Waals surface area contributed by atoms with E-state index in [1.807, 2.05) is 0 Å². The standard InChI is InChI=1S/C30H28O8/c31-18-5-1-16(2-6-18)27(17-3-7-19(32)8-4-17)28(30(37)22-11-9-20(33)13-25(22)35)24-15-38-26-14-21(34)10-12-23(26)29(24)36/h1-9,11,13,15,21,23,26-28,31-35H,10,12,14H2/t21?,23?,26?,28-/m0/s1. The molecular weight excluding hydrogens is 488 g/mol. The third-order valence-electron chi connectivity index (χ3n) is 7.46. The fourth-order valence-electron chi connectivity index (χ4n) is 5.53. The maximum Gasteiger partial charge on any atom is 0.175 e. The fraction of sp³-hybridized carbons (Fsp3) is 0.267. The van der Waals surface area contributed by atoms with Crippen molar-refractivity contribution < 1.29 is 39.9 Å². The molecule has 0 spiro atoms. The van der Waals surface area contributed by atoms with Gasteiger partial charge in [0.1, 0.15) is 29.1 Å². The van der Waals surface area contributed by atoms with Crippen LogP contribution in [0.4, 0.5) is 0 Å². The van der Waals surface area contributed by atoms with Gasteiger partial charge in [0.2, 0.25) is 0 Å². The summed E-state index contributed by atoms with van der Waals surface area (Å²) in [6.45, 7) is 0. The number of allylic oxidation sites excluding steroid dienone is 1. The predicted octanol–water partition coefficient (Wildman–Crippen LogP) is 4.15. The molecule has 1 heterocycles. The Labute approximate surface area is 219 Å². The molecular formula is C30H28O8. The Bertz CT molecular complexity index is 1330. The third kappa shape index (κ3) is 4.82. The number of fused-ring (bicyclic) bond motifs is 1. The number of rotatable bonds is 6. The van der Waals surface area contributed by atoms with E-state index in [1.165, 1.54) is 42.7 Å². The summed E-state index contributed by atoms with van der Waals surface area (Å²) in [4.78, 5) is 28.1. The highest BCUT2D eigenvalue weighted by atomic mass is 16.5. The first-order valence-electron chi connectivity index (χ1n) is 12.4. The molecule has 0 bridgehead atoms. The monoisotopic (exact) mass is 516 g/mol. The maximum absolute atomic E-state index is 14.2. The number of ether oxygens (including phenoxy) is 1. The molecule has 1 saturated carbocycles. The topological polar surface area (TPSA) is 145 Å². The van der Waals surface area contributed by atoms with Crippen LogP contribution in [0.5, 0.6) is 23.0 Å². The van der Waals surface area contributed by atoms with Crippen LogP contribution in [0.25, 0.3) is 0 Å². The van der Waals surface area contributed by atoms with Gasteiger partial charge in [-0.25, -0.2) is 0 Å². The molecule has 3 aromatic rings. The lowest BCUT2D eigenvalue weighted by atomic mass is 9.69. The molecule has 0 saturated heterocycles. The molecule has 1 aliphatic heterocycles. The Morgan fingerprint density at radius 1 is 0.816 bits per heavy atom. The number of aromatic hydroxyl groups is 4. The van der Waals surface area contributed by atoms with Crippen LogP contribution in [0, 0.1) is 11.8 Å². The summed E-state index contributed by atoms with van der Waals surface area (Å²) in [6, 6.07) is 16.2. The average Bonchev–Trinajstić information content (AvgIpc) is 2.89. The Kier molecular flexibility index (Phi) is 6.82. The van der Waals surface area contributed by atoms with Crippen LogP contribution >= 0.6 is 0 Å². The van der Waals surface area contributed by atoms with Crippen molar-refractivity contribution in [1.29, 1.82) is 0 Å². The average molecular weight is 517 g/mol. The van der Waals surface area contributed by atoms with E-state index in [4.69, 9.17) is 4.74 Å². The van der Waals surface area contributed by atoms with E-state index in [0.29, 0.717) is 30.4 Å². The first-order valence-corrected chi connectivity index (χ1v) is 12.4. The third-order valence-corrected chi connectivity index (χ3v) is 7.46. The predicted molar refractivity (Wildman–Crippen MR) is 137 cm³/mol. The summed E-state index contributed by atoms with van der Waals surface area (Å²) in [5, 5.41) is 50.3. The summed E-state index contributed by atoms with van der Waals surface area (Å²) in [6.07, 6.45) is 1.42. The minimum atomic E-state index is -1.15. The van der Waals surface area contributed by atoms with Crippen molar-refractivity contribution in [2.24, 2.45) is 11.8 Å². The molecule has 0 aromatic heterocycles. The van der Waals surface area contributed by atoms with Crippen molar-refractivity contribution in [2.45, 2.75) is 37.4 Å². The molecule has 2 aliphatic rings. The number of Topliss-reactive ketones (excluding diaryl/α,β-unsaturated/α-hetero) is 2. The van der Waals surface area contributed by atoms with E-state index in [1.54, 1.807) is 24.3 Å². The number of hydrogen-bond acceptors (Lipinski definition) is 8. The highest BCUT2D eigenvalue weighted by Crippen LogP contribution is 2.44. The number of aliphatic hydroxyl groups is 1. The number of ketones is 2. The molecule has 5 N–H and O–H groups in total. The van der Waals surface area contributed by atoms with Gasteiger partial charge >= 0.3 is 0 Å². The summed E-state index contributed by atoms with van der Waals surface area (Å²) < 4.78 is 5.93. The molecule has 8 heteroatoms. The number of aliphatic hydroxyl groups excluding tert-OH is 1. The molecule has 3 unspecified atom stereocenters. The van der Waals surface area contributed by atoms with Crippen molar-refractivity contribution in [3.63, 3.8) is 0 Å². The first kappa shape index (κ1) is 25.4. The summed E-state index contributed by atoms with van der Waals surface area (Å²) in [5.41, 5.74) is 1.27. The van der Waals surface area contributed by atoms with Crippen molar-refractivity contribution in [2.75, 3.05) is 0 Å². The van der Waals surface area contributed by atoms with Crippen LogP contribution in [0.1, 0.15) is 46.7 Å². The van der Waals surface area contributed by atoms with Gasteiger partial charge in [-0.3, -0.25) is 9.59 Å². The quantitative estimate of drug-likeness (QED) is 0.307. The van der Waals surface area contributed by atoms with E-state index >= 15 is 0 Å². The Morgan fingerprint density at radius 3 is 1.97 bits per heavy atom. The number of benzene rings is 3. The SMILES string of the molecule is O=C1C([C@H](C(=O)c2ccc(O)cc2O)C(c2ccc(O)cc2)c2ccc(O)cc2)=COC2CC(O)CCC12. The largest absolute Gasteiger partial charge is 0.508 e. The van der Waals surface area contributed by atoms with Crippen LogP contribution in [0.3, 0.4) is 0 Å².